The molecule has 0 spiro atoms. The number of methoxy groups -OCH3 is 1. The molecule has 1 aliphatic carbocycles. The van der Waals surface area contributed by atoms with Crippen molar-refractivity contribution in [3.8, 4) is 0 Å². The van der Waals surface area contributed by atoms with Gasteiger partial charge in [0.15, 0.2) is 0 Å². The summed E-state index contributed by atoms with van der Waals surface area (Å²) < 4.78 is 5.14. The molecule has 0 heterocycles. The Morgan fingerprint density at radius 1 is 1.38 bits per heavy atom. The first-order chi connectivity index (χ1) is 7.57. The van der Waals surface area contributed by atoms with Gasteiger partial charge in [-0.1, -0.05) is 20.8 Å². The van der Waals surface area contributed by atoms with Crippen LogP contribution in [0.25, 0.3) is 0 Å². The van der Waals surface area contributed by atoms with E-state index >= 15 is 0 Å². The van der Waals surface area contributed by atoms with Crippen LogP contribution in [0, 0.1) is 5.41 Å². The van der Waals surface area contributed by atoms with Crippen LogP contribution in [0.2, 0.25) is 0 Å². The Balaban J connectivity index is 2.22. The molecule has 0 atom stereocenters. The minimum absolute atomic E-state index is 0.354. The topological polar surface area (TPSA) is 24.5 Å². The van der Waals surface area contributed by atoms with Gasteiger partial charge in [0.1, 0.15) is 0 Å². The van der Waals surface area contributed by atoms with Crippen molar-refractivity contribution in [3.05, 3.63) is 0 Å². The highest BCUT2D eigenvalue weighted by molar-refractivity contribution is 4.85. The number of nitrogens with one attached hydrogen (secondary N) is 1. The van der Waals surface area contributed by atoms with Gasteiger partial charge in [0.2, 0.25) is 0 Å². The molecule has 0 aromatic rings. The lowest BCUT2D eigenvalue weighted by atomic mass is 9.92. The fraction of sp³-hybridized carbons (Fsp3) is 1.00. The Kier molecular flexibility index (Phi) is 5.73. The normalized spacial score (nSPS) is 17.1. The number of rotatable bonds is 9. The van der Waals surface area contributed by atoms with Crippen LogP contribution in [-0.2, 0) is 4.74 Å². The SMILES string of the molecule is CCN(CCOC)CC(C)(C)CNC1CC1. The van der Waals surface area contributed by atoms with Crippen molar-refractivity contribution >= 4 is 0 Å². The summed E-state index contributed by atoms with van der Waals surface area (Å²) in [4.78, 5) is 2.47. The van der Waals surface area contributed by atoms with Crippen molar-refractivity contribution in [3.63, 3.8) is 0 Å². The second-order valence-corrected chi connectivity index (χ2v) is 5.68. The summed E-state index contributed by atoms with van der Waals surface area (Å²) >= 11 is 0. The molecular formula is C13H28N2O. The van der Waals surface area contributed by atoms with Gasteiger partial charge < -0.3 is 15.0 Å². The molecule has 16 heavy (non-hydrogen) atoms. The molecular weight excluding hydrogens is 200 g/mol. The molecule has 1 aliphatic rings. The molecule has 0 unspecified atom stereocenters. The highest BCUT2D eigenvalue weighted by Crippen LogP contribution is 2.22. The fourth-order valence-corrected chi connectivity index (χ4v) is 1.94. The standard InChI is InChI=1S/C13H28N2O/c1-5-15(8-9-16-4)11-13(2,3)10-14-12-6-7-12/h12,14H,5-11H2,1-4H3. The predicted octanol–water partition coefficient (Wildman–Crippen LogP) is 1.73. The molecule has 0 aromatic carbocycles. The van der Waals surface area contributed by atoms with Gasteiger partial charge in [-0.25, -0.2) is 0 Å². The maximum absolute atomic E-state index is 5.14. The number of likely N-dealkylation sites (N-methyl/N-ethyl adjacent to an activating group) is 1. The van der Waals surface area contributed by atoms with E-state index in [-0.39, 0.29) is 0 Å². The van der Waals surface area contributed by atoms with E-state index in [0.717, 1.165) is 38.8 Å². The quantitative estimate of drug-likeness (QED) is 0.650. The summed E-state index contributed by atoms with van der Waals surface area (Å²) in [6, 6.07) is 0.813. The molecule has 1 N–H and O–H groups in total. The van der Waals surface area contributed by atoms with E-state index in [1.54, 1.807) is 7.11 Å². The molecule has 0 aliphatic heterocycles. The molecule has 0 bridgehead atoms. The second kappa shape index (κ2) is 6.58. The summed E-state index contributed by atoms with van der Waals surface area (Å²) in [6.07, 6.45) is 2.74. The van der Waals surface area contributed by atoms with Crippen LogP contribution in [0.15, 0.2) is 0 Å². The van der Waals surface area contributed by atoms with E-state index < -0.39 is 0 Å². The lowest BCUT2D eigenvalue weighted by Crippen LogP contribution is -2.42. The van der Waals surface area contributed by atoms with Gasteiger partial charge in [-0.05, 0) is 24.8 Å². The predicted molar refractivity (Wildman–Crippen MR) is 68.8 cm³/mol. The van der Waals surface area contributed by atoms with Crippen LogP contribution in [-0.4, -0.2) is 50.8 Å². The Bertz CT molecular complexity index is 190. The Hall–Kier alpha value is -0.120. The zero-order valence-electron chi connectivity index (χ0n) is 11.4. The smallest absolute Gasteiger partial charge is 0.0589 e. The van der Waals surface area contributed by atoms with Crippen LogP contribution in [0.5, 0.6) is 0 Å². The number of nitrogens with zero attached hydrogens (tertiary/aromatic N) is 1. The van der Waals surface area contributed by atoms with Crippen molar-refractivity contribution in [1.82, 2.24) is 10.2 Å². The number of hydrogen-bond acceptors (Lipinski definition) is 3. The first-order valence-electron chi connectivity index (χ1n) is 6.52. The van der Waals surface area contributed by atoms with Gasteiger partial charge in [-0.3, -0.25) is 0 Å². The van der Waals surface area contributed by atoms with Crippen molar-refractivity contribution in [2.45, 2.75) is 39.7 Å². The number of ether oxygens (including phenoxy) is 1. The van der Waals surface area contributed by atoms with Gasteiger partial charge >= 0.3 is 0 Å². The van der Waals surface area contributed by atoms with Crippen molar-refractivity contribution < 1.29 is 4.74 Å². The van der Waals surface area contributed by atoms with Gasteiger partial charge in [-0.2, -0.15) is 0 Å². The van der Waals surface area contributed by atoms with Gasteiger partial charge in [0.25, 0.3) is 0 Å². The highest BCUT2D eigenvalue weighted by Gasteiger charge is 2.26. The average Bonchev–Trinajstić information content (AvgIpc) is 3.05. The van der Waals surface area contributed by atoms with Crippen LogP contribution in [0.1, 0.15) is 33.6 Å². The summed E-state index contributed by atoms with van der Waals surface area (Å²) in [6.45, 7) is 12.2. The Morgan fingerprint density at radius 2 is 2.06 bits per heavy atom. The molecule has 3 heteroatoms. The third-order valence-electron chi connectivity index (χ3n) is 3.16. The summed E-state index contributed by atoms with van der Waals surface area (Å²) in [5, 5.41) is 3.62. The van der Waals surface area contributed by atoms with Gasteiger partial charge in [-0.15, -0.1) is 0 Å². The third-order valence-corrected chi connectivity index (χ3v) is 3.16. The van der Waals surface area contributed by atoms with Gasteiger partial charge in [0.05, 0.1) is 6.61 Å². The van der Waals surface area contributed by atoms with E-state index in [1.165, 1.54) is 12.8 Å². The van der Waals surface area contributed by atoms with E-state index in [1.807, 2.05) is 0 Å². The molecule has 0 saturated heterocycles. The summed E-state index contributed by atoms with van der Waals surface area (Å²) in [5.74, 6) is 0. The Morgan fingerprint density at radius 3 is 2.56 bits per heavy atom. The van der Waals surface area contributed by atoms with Crippen LogP contribution >= 0.6 is 0 Å². The molecule has 1 saturated carbocycles. The van der Waals surface area contributed by atoms with Gasteiger partial charge in [0, 0.05) is 32.8 Å². The Labute approximate surface area is 101 Å². The molecule has 0 radical (unpaired) electrons. The monoisotopic (exact) mass is 228 g/mol. The van der Waals surface area contributed by atoms with Crippen LogP contribution in [0.3, 0.4) is 0 Å². The second-order valence-electron chi connectivity index (χ2n) is 5.68. The summed E-state index contributed by atoms with van der Waals surface area (Å²) in [7, 11) is 1.77. The zero-order chi connectivity index (χ0) is 12.0. The first kappa shape index (κ1) is 13.9. The van der Waals surface area contributed by atoms with Crippen molar-refractivity contribution in [1.29, 1.82) is 0 Å². The largest absolute Gasteiger partial charge is 0.383 e. The van der Waals surface area contributed by atoms with Crippen molar-refractivity contribution in [2.75, 3.05) is 39.9 Å². The molecule has 1 fully saturated rings. The lowest BCUT2D eigenvalue weighted by Gasteiger charge is -2.32. The van der Waals surface area contributed by atoms with E-state index in [2.05, 4.69) is 31.0 Å². The molecule has 0 amide bonds. The highest BCUT2D eigenvalue weighted by atomic mass is 16.5. The fourth-order valence-electron chi connectivity index (χ4n) is 1.94. The molecule has 96 valence electrons. The van der Waals surface area contributed by atoms with E-state index in [9.17, 15) is 0 Å². The number of hydrogen-bond donors (Lipinski definition) is 1. The third kappa shape index (κ3) is 5.83. The summed E-state index contributed by atoms with van der Waals surface area (Å²) in [5.41, 5.74) is 0.354. The lowest BCUT2D eigenvalue weighted by molar-refractivity contribution is 0.121. The zero-order valence-corrected chi connectivity index (χ0v) is 11.4. The maximum atomic E-state index is 5.14. The van der Waals surface area contributed by atoms with Crippen molar-refractivity contribution in [2.24, 2.45) is 5.41 Å². The average molecular weight is 228 g/mol. The van der Waals surface area contributed by atoms with E-state index in [0.29, 0.717) is 5.41 Å². The minimum Gasteiger partial charge on any atom is -0.383 e. The maximum Gasteiger partial charge on any atom is 0.0589 e. The first-order valence-corrected chi connectivity index (χ1v) is 6.52. The molecule has 3 nitrogen and oxygen atoms in total. The molecule has 0 aromatic heterocycles. The van der Waals surface area contributed by atoms with E-state index in [4.69, 9.17) is 4.74 Å². The minimum atomic E-state index is 0.354. The van der Waals surface area contributed by atoms with Crippen LogP contribution in [0.4, 0.5) is 0 Å². The molecule has 1 rings (SSSR count). The van der Waals surface area contributed by atoms with Crippen LogP contribution < -0.4 is 5.32 Å².